The predicted octanol–water partition coefficient (Wildman–Crippen LogP) is 4.60. The average molecular weight is 426 g/mol. The van der Waals surface area contributed by atoms with Crippen molar-refractivity contribution in [2.75, 3.05) is 12.3 Å². The lowest BCUT2D eigenvalue weighted by Crippen LogP contribution is -2.37. The number of amides is 1. The molecule has 1 aromatic carbocycles. The Hall–Kier alpha value is -2.12. The van der Waals surface area contributed by atoms with Crippen molar-refractivity contribution in [2.45, 2.75) is 44.4 Å². The Kier molecular flexibility index (Phi) is 5.18. The number of fused-ring (bicyclic) bond motifs is 2. The second kappa shape index (κ2) is 7.95. The van der Waals surface area contributed by atoms with Gasteiger partial charge in [-0.05, 0) is 54.4 Å². The summed E-state index contributed by atoms with van der Waals surface area (Å²) in [4.78, 5) is 17.1. The zero-order chi connectivity index (χ0) is 19.8. The summed E-state index contributed by atoms with van der Waals surface area (Å²) >= 11 is 3.09. The van der Waals surface area contributed by atoms with Gasteiger partial charge in [-0.3, -0.25) is 4.79 Å². The first-order chi connectivity index (χ1) is 14.2. The summed E-state index contributed by atoms with van der Waals surface area (Å²) in [7, 11) is 0. The molecule has 7 heteroatoms. The van der Waals surface area contributed by atoms with Crippen molar-refractivity contribution in [1.29, 1.82) is 0 Å². The molecule has 150 valence electrons. The molecule has 0 saturated carbocycles. The molecule has 5 nitrogen and oxygen atoms in total. The number of rotatable bonds is 4. The zero-order valence-corrected chi connectivity index (χ0v) is 18.0. The van der Waals surface area contributed by atoms with Crippen molar-refractivity contribution < 1.29 is 9.21 Å². The summed E-state index contributed by atoms with van der Waals surface area (Å²) in [6, 6.07) is 10.5. The van der Waals surface area contributed by atoms with Crippen LogP contribution in [0.4, 0.5) is 0 Å². The third-order valence-corrected chi connectivity index (χ3v) is 7.78. The van der Waals surface area contributed by atoms with E-state index in [-0.39, 0.29) is 5.91 Å². The van der Waals surface area contributed by atoms with Crippen LogP contribution in [0.15, 0.2) is 40.0 Å². The number of carbonyl (C=O) groups excluding carboxylic acids is 1. The number of nitrogens with zero attached hydrogens (tertiary/aromatic N) is 3. The Morgan fingerprint density at radius 3 is 3.00 bits per heavy atom. The SMILES string of the molecule is CC1CCc2sc(-c3nnc(SCC(=O)N4CCc5ccccc5C4)o3)cc2C1. The van der Waals surface area contributed by atoms with E-state index >= 15 is 0 Å². The van der Waals surface area contributed by atoms with Crippen molar-refractivity contribution in [1.82, 2.24) is 15.1 Å². The Balaban J connectivity index is 1.21. The van der Waals surface area contributed by atoms with Crippen LogP contribution in [0.1, 0.15) is 34.9 Å². The lowest BCUT2D eigenvalue weighted by Gasteiger charge is -2.28. The van der Waals surface area contributed by atoms with Crippen molar-refractivity contribution in [3.63, 3.8) is 0 Å². The smallest absolute Gasteiger partial charge is 0.277 e. The van der Waals surface area contributed by atoms with Crippen LogP contribution in [0.5, 0.6) is 0 Å². The summed E-state index contributed by atoms with van der Waals surface area (Å²) < 4.78 is 5.85. The van der Waals surface area contributed by atoms with E-state index in [9.17, 15) is 4.79 Å². The minimum absolute atomic E-state index is 0.116. The quantitative estimate of drug-likeness (QED) is 0.572. The van der Waals surface area contributed by atoms with E-state index in [0.717, 1.165) is 36.6 Å². The van der Waals surface area contributed by atoms with Crippen LogP contribution >= 0.6 is 23.1 Å². The first-order valence-electron chi connectivity index (χ1n) is 10.1. The number of hydrogen-bond acceptors (Lipinski definition) is 6. The summed E-state index contributed by atoms with van der Waals surface area (Å²) in [6.45, 7) is 3.76. The highest BCUT2D eigenvalue weighted by Crippen LogP contribution is 2.37. The van der Waals surface area contributed by atoms with E-state index in [2.05, 4.69) is 41.4 Å². The largest absolute Gasteiger partial charge is 0.410 e. The Morgan fingerprint density at radius 2 is 2.10 bits per heavy atom. The molecule has 0 N–H and O–H groups in total. The van der Waals surface area contributed by atoms with Gasteiger partial charge < -0.3 is 9.32 Å². The van der Waals surface area contributed by atoms with Crippen LogP contribution in [0.2, 0.25) is 0 Å². The lowest BCUT2D eigenvalue weighted by atomic mass is 9.90. The van der Waals surface area contributed by atoms with Gasteiger partial charge in [0.15, 0.2) is 0 Å². The van der Waals surface area contributed by atoms with Crippen LogP contribution in [0.3, 0.4) is 0 Å². The molecular weight excluding hydrogens is 402 g/mol. The van der Waals surface area contributed by atoms with Crippen molar-refractivity contribution >= 4 is 29.0 Å². The second-order valence-electron chi connectivity index (χ2n) is 7.90. The van der Waals surface area contributed by atoms with Crippen molar-refractivity contribution in [3.8, 4) is 10.8 Å². The average Bonchev–Trinajstić information content (AvgIpc) is 3.38. The van der Waals surface area contributed by atoms with Gasteiger partial charge >= 0.3 is 0 Å². The molecule has 1 unspecified atom stereocenters. The molecule has 29 heavy (non-hydrogen) atoms. The van der Waals surface area contributed by atoms with Gasteiger partial charge in [0.2, 0.25) is 5.91 Å². The molecule has 2 aliphatic rings. The fraction of sp³-hybridized carbons (Fsp3) is 0.409. The maximum atomic E-state index is 12.6. The number of aryl methyl sites for hydroxylation is 1. The number of benzene rings is 1. The van der Waals surface area contributed by atoms with Gasteiger partial charge in [-0.1, -0.05) is 43.0 Å². The van der Waals surface area contributed by atoms with Gasteiger partial charge in [0.1, 0.15) is 0 Å². The number of hydrogen-bond donors (Lipinski definition) is 0. The van der Waals surface area contributed by atoms with Crippen LogP contribution in [0.25, 0.3) is 10.8 Å². The first-order valence-corrected chi connectivity index (χ1v) is 11.9. The highest BCUT2D eigenvalue weighted by molar-refractivity contribution is 7.99. The van der Waals surface area contributed by atoms with E-state index in [1.807, 2.05) is 11.0 Å². The zero-order valence-electron chi connectivity index (χ0n) is 16.4. The van der Waals surface area contributed by atoms with Crippen LogP contribution in [-0.2, 0) is 30.6 Å². The predicted molar refractivity (Wildman–Crippen MR) is 115 cm³/mol. The maximum Gasteiger partial charge on any atom is 0.277 e. The molecule has 0 bridgehead atoms. The van der Waals surface area contributed by atoms with Crippen molar-refractivity contribution in [2.24, 2.45) is 5.92 Å². The summed E-state index contributed by atoms with van der Waals surface area (Å²) in [5, 5.41) is 8.83. The van der Waals surface area contributed by atoms with Crippen LogP contribution < -0.4 is 0 Å². The number of thiophene rings is 1. The fourth-order valence-electron chi connectivity index (χ4n) is 4.10. The van der Waals surface area contributed by atoms with Gasteiger partial charge in [-0.25, -0.2) is 0 Å². The van der Waals surface area contributed by atoms with E-state index in [1.165, 1.54) is 39.8 Å². The molecule has 2 aromatic heterocycles. The Morgan fingerprint density at radius 1 is 1.24 bits per heavy atom. The van der Waals surface area contributed by atoms with E-state index < -0.39 is 0 Å². The van der Waals surface area contributed by atoms with Crippen LogP contribution in [-0.4, -0.2) is 33.3 Å². The molecular formula is C22H23N3O2S2. The molecule has 0 radical (unpaired) electrons. The summed E-state index contributed by atoms with van der Waals surface area (Å²) in [5.41, 5.74) is 4.02. The van der Waals surface area contributed by atoms with Crippen LogP contribution in [0, 0.1) is 5.92 Å². The standard InChI is InChI=1S/C22H23N3O2S2/c1-14-6-7-18-17(10-14)11-19(29-18)21-23-24-22(27-21)28-13-20(26)25-9-8-15-4-2-3-5-16(15)12-25/h2-5,11,14H,6-10,12-13H2,1H3. The molecule has 5 rings (SSSR count). The van der Waals surface area contributed by atoms with Gasteiger partial charge in [-0.2, -0.15) is 0 Å². The molecule has 1 aliphatic heterocycles. The topological polar surface area (TPSA) is 59.2 Å². The van der Waals surface area contributed by atoms with Gasteiger partial charge in [0.05, 0.1) is 10.6 Å². The van der Waals surface area contributed by atoms with Gasteiger partial charge in [0, 0.05) is 18.0 Å². The maximum absolute atomic E-state index is 12.6. The van der Waals surface area contributed by atoms with E-state index in [1.54, 1.807) is 11.3 Å². The van der Waals surface area contributed by atoms with Gasteiger partial charge in [-0.15, -0.1) is 21.5 Å². The molecule has 1 amide bonds. The fourth-order valence-corrected chi connectivity index (χ4v) is 5.90. The molecule has 1 atom stereocenters. The summed E-state index contributed by atoms with van der Waals surface area (Å²) in [6.07, 6.45) is 4.44. The Labute approximate surface area is 178 Å². The Bertz CT molecular complexity index is 1040. The molecule has 3 heterocycles. The van der Waals surface area contributed by atoms with E-state index in [4.69, 9.17) is 4.42 Å². The van der Waals surface area contributed by atoms with Crippen molar-refractivity contribution in [3.05, 3.63) is 51.9 Å². The highest BCUT2D eigenvalue weighted by Gasteiger charge is 2.23. The minimum atomic E-state index is 0.116. The third kappa shape index (κ3) is 3.98. The van der Waals surface area contributed by atoms with E-state index in [0.29, 0.717) is 23.4 Å². The lowest BCUT2D eigenvalue weighted by molar-refractivity contribution is -0.129. The normalized spacial score (nSPS) is 18.4. The highest BCUT2D eigenvalue weighted by atomic mass is 32.2. The molecule has 1 aliphatic carbocycles. The number of aromatic nitrogens is 2. The molecule has 3 aromatic rings. The number of carbonyl (C=O) groups is 1. The molecule has 0 spiro atoms. The minimum Gasteiger partial charge on any atom is -0.410 e. The first kappa shape index (κ1) is 18.9. The molecule has 0 saturated heterocycles. The summed E-state index contributed by atoms with van der Waals surface area (Å²) in [5.74, 6) is 1.75. The monoisotopic (exact) mass is 425 g/mol. The molecule has 0 fully saturated rings. The van der Waals surface area contributed by atoms with Gasteiger partial charge in [0.25, 0.3) is 11.1 Å². The third-order valence-electron chi connectivity index (χ3n) is 5.75. The second-order valence-corrected chi connectivity index (χ2v) is 9.97. The number of thioether (sulfide) groups is 1.